The number of nitrogens with one attached hydrogen (secondary N) is 5. The van der Waals surface area contributed by atoms with Crippen LogP contribution in [0, 0.1) is 0 Å². The van der Waals surface area contributed by atoms with Crippen LogP contribution < -0.4 is 21.7 Å². The summed E-state index contributed by atoms with van der Waals surface area (Å²) in [5.74, 6) is -4.97. The Balaban J connectivity index is 1.53. The Hall–Kier alpha value is -5.70. The number of hydrogen-bond acceptors (Lipinski definition) is 8. The summed E-state index contributed by atoms with van der Waals surface area (Å²) < 4.78 is 0. The number of aromatic nitrogens is 3. The van der Waals surface area contributed by atoms with Crippen molar-refractivity contribution < 1.29 is 39.3 Å². The highest BCUT2D eigenvalue weighted by atomic mass is 16.4. The number of benzene rings is 2. The van der Waals surface area contributed by atoms with E-state index in [-0.39, 0.29) is 31.4 Å². The standard InChI is InChI=1S/C31H35N7O8/c32-22(13-19-15-33-16-35-19)28(42)36-24(9-10-27(40)41)29(43)37-25(11-17-5-7-20(39)8-6-17)30(44)38-26(31(45)46)12-18-14-34-23-4-2-1-3-21(18)23/h1-8,14-16,22,24-26,34,39H,9-13,32H2,(H,33,35)(H,36,42)(H,37,43)(H,38,44)(H,40,41)(H,45,46). The molecular weight excluding hydrogens is 598 g/mol. The molecule has 2 aromatic heterocycles. The van der Waals surface area contributed by atoms with Crippen LogP contribution >= 0.6 is 0 Å². The lowest BCUT2D eigenvalue weighted by Gasteiger charge is -2.25. The zero-order valence-electron chi connectivity index (χ0n) is 24.6. The SMILES string of the molecule is NC(Cc1cnc[nH]1)C(=O)NC(CCC(=O)O)C(=O)NC(Cc1ccc(O)cc1)C(=O)NC(Cc1c[nH]c2ccccc12)C(=O)O. The lowest BCUT2D eigenvalue weighted by atomic mass is 10.0. The molecule has 0 aliphatic heterocycles. The summed E-state index contributed by atoms with van der Waals surface area (Å²) in [7, 11) is 0. The molecule has 0 aliphatic rings. The second-order valence-corrected chi connectivity index (χ2v) is 10.8. The van der Waals surface area contributed by atoms with Crippen molar-refractivity contribution in [1.82, 2.24) is 30.9 Å². The van der Waals surface area contributed by atoms with Crippen LogP contribution in [0.1, 0.15) is 29.7 Å². The molecule has 0 bridgehead atoms. The van der Waals surface area contributed by atoms with Gasteiger partial charge in [0.1, 0.15) is 23.9 Å². The Morgan fingerprint density at radius 2 is 1.48 bits per heavy atom. The minimum Gasteiger partial charge on any atom is -0.508 e. The van der Waals surface area contributed by atoms with Crippen LogP contribution in [0.25, 0.3) is 10.9 Å². The predicted molar refractivity (Wildman–Crippen MR) is 164 cm³/mol. The van der Waals surface area contributed by atoms with Crippen molar-refractivity contribution in [3.8, 4) is 5.75 Å². The lowest BCUT2D eigenvalue weighted by Crippen LogP contribution is -2.58. The van der Waals surface area contributed by atoms with Crippen LogP contribution in [-0.4, -0.2) is 84.1 Å². The summed E-state index contributed by atoms with van der Waals surface area (Å²) in [6.45, 7) is 0. The molecule has 0 aliphatic carbocycles. The number of nitrogens with zero attached hydrogens (tertiary/aromatic N) is 1. The first-order valence-corrected chi connectivity index (χ1v) is 14.4. The van der Waals surface area contributed by atoms with Gasteiger partial charge in [-0.3, -0.25) is 19.2 Å². The average molecular weight is 634 g/mol. The van der Waals surface area contributed by atoms with Crippen LogP contribution in [0.2, 0.25) is 0 Å². The van der Waals surface area contributed by atoms with Crippen LogP contribution in [-0.2, 0) is 43.2 Å². The number of nitrogens with two attached hydrogens (primary N) is 1. The monoisotopic (exact) mass is 633 g/mol. The van der Waals surface area contributed by atoms with Gasteiger partial charge in [-0.05, 0) is 35.7 Å². The van der Waals surface area contributed by atoms with Crippen molar-refractivity contribution in [3.05, 3.63) is 84.1 Å². The fourth-order valence-electron chi connectivity index (χ4n) is 4.88. The second kappa shape index (κ2) is 15.3. The molecule has 4 rings (SSSR count). The van der Waals surface area contributed by atoms with Gasteiger partial charge in [0.2, 0.25) is 17.7 Å². The molecule has 0 radical (unpaired) electrons. The van der Waals surface area contributed by atoms with Gasteiger partial charge in [0.25, 0.3) is 0 Å². The molecule has 0 saturated carbocycles. The van der Waals surface area contributed by atoms with Gasteiger partial charge in [0, 0.05) is 54.7 Å². The first kappa shape index (κ1) is 33.2. The number of carbonyl (C=O) groups excluding carboxylic acids is 3. The number of fused-ring (bicyclic) bond motifs is 1. The molecule has 4 atom stereocenters. The van der Waals surface area contributed by atoms with Crippen molar-refractivity contribution in [2.75, 3.05) is 0 Å². The molecule has 2 aromatic carbocycles. The molecule has 3 amide bonds. The van der Waals surface area contributed by atoms with Crippen LogP contribution in [0.5, 0.6) is 5.75 Å². The van der Waals surface area contributed by atoms with Gasteiger partial charge in [-0.25, -0.2) is 9.78 Å². The third-order valence-electron chi connectivity index (χ3n) is 7.33. The summed E-state index contributed by atoms with van der Waals surface area (Å²) in [5.41, 5.74) is 8.55. The van der Waals surface area contributed by atoms with Gasteiger partial charge in [0.15, 0.2) is 0 Å². The zero-order chi connectivity index (χ0) is 33.2. The number of H-pyrrole nitrogens is 2. The maximum Gasteiger partial charge on any atom is 0.326 e. The number of imidazole rings is 1. The highest BCUT2D eigenvalue weighted by Crippen LogP contribution is 2.19. The minimum absolute atomic E-state index is 0.0265. The van der Waals surface area contributed by atoms with E-state index in [1.54, 1.807) is 12.3 Å². The first-order valence-electron chi connectivity index (χ1n) is 14.4. The Kier molecular flexibility index (Phi) is 11.1. The topological polar surface area (TPSA) is 253 Å². The maximum atomic E-state index is 13.6. The number of carboxylic acids is 2. The molecule has 15 heteroatoms. The van der Waals surface area contributed by atoms with E-state index in [2.05, 4.69) is 30.9 Å². The molecule has 2 heterocycles. The van der Waals surface area contributed by atoms with E-state index in [0.29, 0.717) is 16.8 Å². The summed E-state index contributed by atoms with van der Waals surface area (Å²) >= 11 is 0. The molecule has 4 aromatic rings. The Morgan fingerprint density at radius 1 is 0.804 bits per heavy atom. The normalized spacial score (nSPS) is 13.7. The Morgan fingerprint density at radius 3 is 2.15 bits per heavy atom. The third kappa shape index (κ3) is 9.15. The summed E-state index contributed by atoms with van der Waals surface area (Å²) in [6, 6.07) is 7.93. The molecule has 242 valence electrons. The molecule has 4 unspecified atom stereocenters. The number of para-hydroxylation sites is 1. The number of aliphatic carboxylic acids is 2. The molecule has 10 N–H and O–H groups in total. The number of carboxylic acid groups (broad SMARTS) is 2. The molecular formula is C31H35N7O8. The number of carbonyl (C=O) groups is 5. The second-order valence-electron chi connectivity index (χ2n) is 10.8. The highest BCUT2D eigenvalue weighted by molar-refractivity contribution is 5.94. The van der Waals surface area contributed by atoms with E-state index in [4.69, 9.17) is 5.73 Å². The first-order chi connectivity index (χ1) is 22.0. The highest BCUT2D eigenvalue weighted by Gasteiger charge is 2.31. The molecule has 15 nitrogen and oxygen atoms in total. The Bertz CT molecular complexity index is 1670. The minimum atomic E-state index is -1.38. The molecule has 0 fully saturated rings. The van der Waals surface area contributed by atoms with E-state index in [9.17, 15) is 39.3 Å². The van der Waals surface area contributed by atoms with Crippen LogP contribution in [0.3, 0.4) is 0 Å². The van der Waals surface area contributed by atoms with E-state index >= 15 is 0 Å². The van der Waals surface area contributed by atoms with E-state index in [0.717, 1.165) is 10.9 Å². The molecule has 0 spiro atoms. The number of aromatic amines is 2. The number of amides is 3. The number of phenolic OH excluding ortho intramolecular Hbond substituents is 1. The smallest absolute Gasteiger partial charge is 0.326 e. The van der Waals surface area contributed by atoms with Gasteiger partial charge in [0.05, 0.1) is 12.4 Å². The third-order valence-corrected chi connectivity index (χ3v) is 7.33. The molecule has 46 heavy (non-hydrogen) atoms. The number of phenols is 1. The van der Waals surface area contributed by atoms with Crippen molar-refractivity contribution in [2.45, 2.75) is 56.3 Å². The summed E-state index contributed by atoms with van der Waals surface area (Å²) in [4.78, 5) is 73.3. The predicted octanol–water partition coefficient (Wildman–Crippen LogP) is 0.356. The van der Waals surface area contributed by atoms with E-state index < -0.39 is 60.2 Å². The molecule has 0 saturated heterocycles. The largest absolute Gasteiger partial charge is 0.508 e. The van der Waals surface area contributed by atoms with E-state index in [1.807, 2.05) is 18.2 Å². The number of aromatic hydroxyl groups is 1. The summed E-state index contributed by atoms with van der Waals surface area (Å²) in [6.07, 6.45) is 3.67. The maximum absolute atomic E-state index is 13.6. The Labute approximate surface area is 262 Å². The zero-order valence-corrected chi connectivity index (χ0v) is 24.6. The van der Waals surface area contributed by atoms with Crippen molar-refractivity contribution in [1.29, 1.82) is 0 Å². The van der Waals surface area contributed by atoms with Crippen LogP contribution in [0.4, 0.5) is 0 Å². The van der Waals surface area contributed by atoms with Gasteiger partial charge >= 0.3 is 11.9 Å². The van der Waals surface area contributed by atoms with Crippen LogP contribution in [0.15, 0.2) is 67.3 Å². The van der Waals surface area contributed by atoms with E-state index in [1.165, 1.54) is 36.8 Å². The van der Waals surface area contributed by atoms with Crippen molar-refractivity contribution >= 4 is 40.6 Å². The van der Waals surface area contributed by atoms with Gasteiger partial charge in [-0.15, -0.1) is 0 Å². The summed E-state index contributed by atoms with van der Waals surface area (Å²) in [5, 5.41) is 37.2. The fraction of sp³-hybridized carbons (Fsp3) is 0.290. The quantitative estimate of drug-likeness (QED) is 0.0818. The average Bonchev–Trinajstić information content (AvgIpc) is 3.69. The van der Waals surface area contributed by atoms with Crippen molar-refractivity contribution in [2.24, 2.45) is 5.73 Å². The fourth-order valence-corrected chi connectivity index (χ4v) is 4.88. The number of rotatable bonds is 16. The van der Waals surface area contributed by atoms with Gasteiger partial charge in [-0.1, -0.05) is 30.3 Å². The van der Waals surface area contributed by atoms with Gasteiger partial charge in [-0.2, -0.15) is 0 Å². The number of hydrogen-bond donors (Lipinski definition) is 9. The van der Waals surface area contributed by atoms with Gasteiger partial charge < -0.3 is 47.0 Å². The lowest BCUT2D eigenvalue weighted by molar-refractivity contribution is -0.142. The van der Waals surface area contributed by atoms with Crippen molar-refractivity contribution in [3.63, 3.8) is 0 Å².